The highest BCUT2D eigenvalue weighted by Crippen LogP contribution is 2.20. The lowest BCUT2D eigenvalue weighted by atomic mass is 10.1. The van der Waals surface area contributed by atoms with Crippen LogP contribution in [0.5, 0.6) is 0 Å². The smallest absolute Gasteiger partial charge is 0.251 e. The Morgan fingerprint density at radius 2 is 1.74 bits per heavy atom. The van der Waals surface area contributed by atoms with E-state index in [1.54, 1.807) is 42.5 Å². The first-order chi connectivity index (χ1) is 12.7. The van der Waals surface area contributed by atoms with Crippen LogP contribution in [0, 0.1) is 6.92 Å². The third-order valence-corrected chi connectivity index (χ3v) is 4.95. The number of amides is 2. The van der Waals surface area contributed by atoms with Gasteiger partial charge in [0.2, 0.25) is 15.9 Å². The number of carbonyl (C=O) groups excluding carboxylic acids is 2. The highest BCUT2D eigenvalue weighted by atomic mass is 32.2. The maximum Gasteiger partial charge on any atom is 0.251 e. The Bertz CT molecular complexity index is 924. The Morgan fingerprint density at radius 1 is 1.07 bits per heavy atom. The average Bonchev–Trinajstić information content (AvgIpc) is 2.58. The molecule has 0 aliphatic rings. The Kier molecular flexibility index (Phi) is 6.57. The van der Waals surface area contributed by atoms with Crippen molar-refractivity contribution in [2.45, 2.75) is 13.8 Å². The van der Waals surface area contributed by atoms with Crippen LogP contribution in [0.1, 0.15) is 22.8 Å². The van der Waals surface area contributed by atoms with Crippen molar-refractivity contribution in [3.05, 3.63) is 59.7 Å². The van der Waals surface area contributed by atoms with Crippen molar-refractivity contribution in [3.8, 4) is 0 Å². The first kappa shape index (κ1) is 20.4. The molecule has 0 aliphatic heterocycles. The largest absolute Gasteiger partial charge is 0.350 e. The first-order valence-electron chi connectivity index (χ1n) is 8.37. The molecule has 7 nitrogen and oxygen atoms in total. The molecule has 0 unspecified atom stereocenters. The summed E-state index contributed by atoms with van der Waals surface area (Å²) >= 11 is 0. The fourth-order valence-electron chi connectivity index (χ4n) is 2.56. The molecule has 2 aromatic carbocycles. The van der Waals surface area contributed by atoms with Gasteiger partial charge in [-0.15, -0.1) is 0 Å². The van der Waals surface area contributed by atoms with Crippen molar-refractivity contribution in [1.82, 2.24) is 5.32 Å². The molecule has 8 heteroatoms. The fraction of sp³-hybridized carbons (Fsp3) is 0.263. The number of nitrogens with zero attached hydrogens (tertiary/aromatic N) is 1. The van der Waals surface area contributed by atoms with Crippen LogP contribution in [0.3, 0.4) is 0 Å². The van der Waals surface area contributed by atoms with Crippen molar-refractivity contribution in [2.24, 2.45) is 0 Å². The fourth-order valence-corrected chi connectivity index (χ4v) is 3.49. The van der Waals surface area contributed by atoms with Crippen LogP contribution in [0.25, 0.3) is 0 Å². The SMILES string of the molecule is CC(=O)Nc1ccc(N(CCNC(=O)c2cccc(C)c2)S(C)(=O)=O)cc1. The number of hydrogen-bond donors (Lipinski definition) is 2. The van der Waals surface area contributed by atoms with E-state index >= 15 is 0 Å². The van der Waals surface area contributed by atoms with Gasteiger partial charge < -0.3 is 10.6 Å². The minimum Gasteiger partial charge on any atom is -0.350 e. The maximum atomic E-state index is 12.2. The molecule has 0 aliphatic carbocycles. The van der Waals surface area contributed by atoms with Gasteiger partial charge in [-0.2, -0.15) is 0 Å². The lowest BCUT2D eigenvalue weighted by Gasteiger charge is -2.23. The zero-order valence-electron chi connectivity index (χ0n) is 15.5. The molecule has 0 spiro atoms. The molecule has 0 heterocycles. The molecule has 144 valence electrons. The molecule has 0 radical (unpaired) electrons. The summed E-state index contributed by atoms with van der Waals surface area (Å²) in [6.45, 7) is 3.55. The molecule has 0 atom stereocenters. The molecule has 27 heavy (non-hydrogen) atoms. The maximum absolute atomic E-state index is 12.2. The van der Waals surface area contributed by atoms with Crippen LogP contribution >= 0.6 is 0 Å². The van der Waals surface area contributed by atoms with Gasteiger partial charge >= 0.3 is 0 Å². The molecule has 0 saturated carbocycles. The van der Waals surface area contributed by atoms with Crippen LogP contribution in [0.15, 0.2) is 48.5 Å². The molecule has 2 rings (SSSR count). The van der Waals surface area contributed by atoms with Crippen LogP contribution in [-0.4, -0.2) is 39.6 Å². The van der Waals surface area contributed by atoms with Gasteiger partial charge in [0.1, 0.15) is 0 Å². The van der Waals surface area contributed by atoms with Crippen molar-refractivity contribution >= 4 is 33.2 Å². The third-order valence-electron chi connectivity index (χ3n) is 3.76. The number of nitrogens with one attached hydrogen (secondary N) is 2. The van der Waals surface area contributed by atoms with E-state index in [1.807, 2.05) is 13.0 Å². The van der Waals surface area contributed by atoms with E-state index in [9.17, 15) is 18.0 Å². The highest BCUT2D eigenvalue weighted by Gasteiger charge is 2.17. The number of hydrogen-bond acceptors (Lipinski definition) is 4. The Hall–Kier alpha value is -2.87. The summed E-state index contributed by atoms with van der Waals surface area (Å²) in [5, 5.41) is 5.36. The monoisotopic (exact) mass is 389 g/mol. The second kappa shape index (κ2) is 8.68. The van der Waals surface area contributed by atoms with Gasteiger partial charge in [-0.3, -0.25) is 13.9 Å². The van der Waals surface area contributed by atoms with Crippen LogP contribution in [-0.2, 0) is 14.8 Å². The summed E-state index contributed by atoms with van der Waals surface area (Å²) in [4.78, 5) is 23.3. The van der Waals surface area contributed by atoms with Crippen LogP contribution < -0.4 is 14.9 Å². The van der Waals surface area contributed by atoms with Gasteiger partial charge in [0, 0.05) is 24.7 Å². The Balaban J connectivity index is 2.05. The van der Waals surface area contributed by atoms with E-state index in [0.29, 0.717) is 16.9 Å². The molecule has 2 amide bonds. The first-order valence-corrected chi connectivity index (χ1v) is 10.2. The molecule has 0 bridgehead atoms. The number of rotatable bonds is 7. The molecule has 2 N–H and O–H groups in total. The van der Waals surface area contributed by atoms with Crippen LogP contribution in [0.4, 0.5) is 11.4 Å². The highest BCUT2D eigenvalue weighted by molar-refractivity contribution is 7.92. The number of carbonyl (C=O) groups is 2. The lowest BCUT2D eigenvalue weighted by Crippen LogP contribution is -2.38. The summed E-state index contributed by atoms with van der Waals surface area (Å²) in [7, 11) is -3.53. The van der Waals surface area contributed by atoms with Gasteiger partial charge in [-0.25, -0.2) is 8.42 Å². The molecular weight excluding hydrogens is 366 g/mol. The Labute approximate surface area is 159 Å². The normalized spacial score (nSPS) is 10.9. The number of aryl methyl sites for hydroxylation is 1. The second-order valence-electron chi connectivity index (χ2n) is 6.19. The summed E-state index contributed by atoms with van der Waals surface area (Å²) in [5.41, 5.74) is 2.53. The predicted octanol–water partition coefficient (Wildman–Crippen LogP) is 2.15. The molecule has 0 fully saturated rings. The summed E-state index contributed by atoms with van der Waals surface area (Å²) in [5.74, 6) is -0.463. The topological polar surface area (TPSA) is 95.6 Å². The van der Waals surface area contributed by atoms with E-state index in [4.69, 9.17) is 0 Å². The molecule has 0 saturated heterocycles. The average molecular weight is 389 g/mol. The third kappa shape index (κ3) is 6.10. The standard InChI is InChI=1S/C19H23N3O4S/c1-14-5-4-6-16(13-14)19(24)20-11-12-22(27(3,25)26)18-9-7-17(8-10-18)21-15(2)23/h4-10,13H,11-12H2,1-3H3,(H,20,24)(H,21,23). The van der Waals surface area contributed by atoms with Gasteiger partial charge in [0.15, 0.2) is 0 Å². The number of benzene rings is 2. The van der Waals surface area contributed by atoms with Gasteiger partial charge in [0.05, 0.1) is 18.5 Å². The zero-order chi connectivity index (χ0) is 20.0. The van der Waals surface area contributed by atoms with Crippen molar-refractivity contribution < 1.29 is 18.0 Å². The summed E-state index contributed by atoms with van der Waals surface area (Å²) < 4.78 is 25.5. The van der Waals surface area contributed by atoms with Crippen LogP contribution in [0.2, 0.25) is 0 Å². The van der Waals surface area contributed by atoms with Gasteiger partial charge in [-0.05, 0) is 43.3 Å². The minimum absolute atomic E-state index is 0.0931. The van der Waals surface area contributed by atoms with E-state index in [1.165, 1.54) is 11.2 Å². The van der Waals surface area contributed by atoms with Crippen molar-refractivity contribution in [3.63, 3.8) is 0 Å². The summed E-state index contributed by atoms with van der Waals surface area (Å²) in [6.07, 6.45) is 1.11. The molecular formula is C19H23N3O4S. The van der Waals surface area contributed by atoms with Crippen molar-refractivity contribution in [1.29, 1.82) is 0 Å². The quantitative estimate of drug-likeness (QED) is 0.758. The number of anilines is 2. The second-order valence-corrected chi connectivity index (χ2v) is 8.10. The van der Waals surface area contributed by atoms with Gasteiger partial charge in [-0.1, -0.05) is 17.7 Å². The molecule has 2 aromatic rings. The zero-order valence-corrected chi connectivity index (χ0v) is 16.3. The van der Waals surface area contributed by atoms with Crippen molar-refractivity contribution in [2.75, 3.05) is 29.0 Å². The Morgan fingerprint density at radius 3 is 2.30 bits per heavy atom. The summed E-state index contributed by atoms with van der Waals surface area (Å²) in [6, 6.07) is 13.6. The number of sulfonamides is 1. The van der Waals surface area contributed by atoms with E-state index in [0.717, 1.165) is 11.8 Å². The molecule has 0 aromatic heterocycles. The van der Waals surface area contributed by atoms with E-state index < -0.39 is 10.0 Å². The van der Waals surface area contributed by atoms with E-state index in [-0.39, 0.29) is 24.9 Å². The lowest BCUT2D eigenvalue weighted by molar-refractivity contribution is -0.114. The van der Waals surface area contributed by atoms with Gasteiger partial charge in [0.25, 0.3) is 5.91 Å². The van der Waals surface area contributed by atoms with E-state index in [2.05, 4.69) is 10.6 Å². The predicted molar refractivity (Wildman–Crippen MR) is 106 cm³/mol. The minimum atomic E-state index is -3.53.